The zero-order valence-electron chi connectivity index (χ0n) is 16.9. The summed E-state index contributed by atoms with van der Waals surface area (Å²) in [6.07, 6.45) is 4.03. The lowest BCUT2D eigenvalue weighted by Crippen LogP contribution is -2.24. The molecule has 4 N–H and O–H groups in total. The Bertz CT molecular complexity index is 1210. The van der Waals surface area contributed by atoms with Crippen LogP contribution in [-0.4, -0.2) is 40.8 Å². The van der Waals surface area contributed by atoms with Gasteiger partial charge < -0.3 is 10.4 Å². The molecular formula is C21H25N5O4S. The number of hydrogen-bond donors (Lipinski definition) is 3. The van der Waals surface area contributed by atoms with Crippen LogP contribution >= 0.6 is 0 Å². The molecule has 2 heterocycles. The summed E-state index contributed by atoms with van der Waals surface area (Å²) in [6, 6.07) is 12.7. The second-order valence-electron chi connectivity index (χ2n) is 8.37. The maximum atomic E-state index is 11.1. The van der Waals surface area contributed by atoms with Crippen molar-refractivity contribution < 1.29 is 17.7 Å². The van der Waals surface area contributed by atoms with E-state index < -0.39 is 16.4 Å². The highest BCUT2D eigenvalue weighted by atomic mass is 32.2. The molecule has 5 rings (SSSR count). The second kappa shape index (κ2) is 7.86. The van der Waals surface area contributed by atoms with E-state index >= 15 is 0 Å². The molecule has 0 radical (unpaired) electrons. The van der Waals surface area contributed by atoms with Gasteiger partial charge in [-0.15, -0.1) is 0 Å². The Morgan fingerprint density at radius 2 is 2.06 bits per heavy atom. The van der Waals surface area contributed by atoms with Crippen LogP contribution < -0.4 is 10.5 Å². The summed E-state index contributed by atoms with van der Waals surface area (Å²) in [6.45, 7) is -0.122. The van der Waals surface area contributed by atoms with E-state index in [2.05, 4.69) is 39.7 Å². The Morgan fingerprint density at radius 3 is 2.90 bits per heavy atom. The average molecular weight is 444 g/mol. The van der Waals surface area contributed by atoms with Crippen LogP contribution in [0.2, 0.25) is 0 Å². The predicted molar refractivity (Wildman–Crippen MR) is 115 cm³/mol. The number of aryl methyl sites for hydroxylation is 1. The molecule has 10 heteroatoms. The molecule has 2 aromatic heterocycles. The van der Waals surface area contributed by atoms with Gasteiger partial charge in [-0.2, -0.15) is 13.5 Å². The first-order chi connectivity index (χ1) is 14.9. The molecule has 0 amide bonds. The van der Waals surface area contributed by atoms with Gasteiger partial charge in [-0.3, -0.25) is 4.18 Å². The van der Waals surface area contributed by atoms with Crippen LogP contribution in [0.25, 0.3) is 5.52 Å². The number of anilines is 1. The molecule has 2 aliphatic rings. The van der Waals surface area contributed by atoms with E-state index in [1.165, 1.54) is 17.5 Å². The topological polar surface area (TPSA) is 132 Å². The molecule has 0 spiro atoms. The Hall–Kier alpha value is -2.53. The lowest BCUT2D eigenvalue weighted by atomic mass is 10.0. The largest absolute Gasteiger partial charge is 0.393 e. The minimum atomic E-state index is -4.02. The first kappa shape index (κ1) is 20.4. The van der Waals surface area contributed by atoms with Crippen LogP contribution in [0.3, 0.4) is 0 Å². The quantitative estimate of drug-likeness (QED) is 0.530. The highest BCUT2D eigenvalue weighted by Crippen LogP contribution is 2.40. The molecule has 4 atom stereocenters. The molecule has 1 fully saturated rings. The fraction of sp³-hybridized carbons (Fsp3) is 0.429. The molecule has 1 aromatic carbocycles. The van der Waals surface area contributed by atoms with Crippen molar-refractivity contribution in [3.63, 3.8) is 0 Å². The van der Waals surface area contributed by atoms with Gasteiger partial charge in [0.15, 0.2) is 5.82 Å². The lowest BCUT2D eigenvalue weighted by molar-refractivity contribution is 0.101. The summed E-state index contributed by atoms with van der Waals surface area (Å²) in [4.78, 5) is 4.48. The van der Waals surface area contributed by atoms with Crippen LogP contribution in [-0.2, 0) is 20.9 Å². The molecule has 9 nitrogen and oxygen atoms in total. The van der Waals surface area contributed by atoms with Gasteiger partial charge in [0.25, 0.3) is 0 Å². The number of hydrogen-bond acceptors (Lipinski definition) is 7. The molecule has 3 aromatic rings. The highest BCUT2D eigenvalue weighted by Gasteiger charge is 2.36. The van der Waals surface area contributed by atoms with Gasteiger partial charge in [-0.1, -0.05) is 24.3 Å². The van der Waals surface area contributed by atoms with E-state index in [-0.39, 0.29) is 24.5 Å². The van der Waals surface area contributed by atoms with Crippen molar-refractivity contribution in [3.8, 4) is 0 Å². The molecule has 0 saturated heterocycles. The number of nitrogens with one attached hydrogen (secondary N) is 1. The summed E-state index contributed by atoms with van der Waals surface area (Å²) in [7, 11) is -4.02. The molecule has 31 heavy (non-hydrogen) atoms. The SMILES string of the molecule is NS(=O)(=O)OC[C@@H]1CC(c2ccc3c(N[C@H]4CCc5ccccc54)ncnn23)C[C@@H]1O. The summed E-state index contributed by atoms with van der Waals surface area (Å²) in [5.74, 6) is 0.500. The van der Waals surface area contributed by atoms with Crippen molar-refractivity contribution in [3.05, 3.63) is 59.5 Å². The normalized spacial score (nSPS) is 25.7. The van der Waals surface area contributed by atoms with E-state index in [9.17, 15) is 13.5 Å². The van der Waals surface area contributed by atoms with E-state index in [4.69, 9.17) is 9.32 Å². The van der Waals surface area contributed by atoms with Gasteiger partial charge in [0.05, 0.1) is 18.8 Å². The van der Waals surface area contributed by atoms with Crippen molar-refractivity contribution in [2.45, 2.75) is 43.7 Å². The first-order valence-corrected chi connectivity index (χ1v) is 11.9. The third-order valence-corrected chi connectivity index (χ3v) is 6.91. The second-order valence-corrected chi connectivity index (χ2v) is 9.59. The fourth-order valence-electron chi connectivity index (χ4n) is 4.95. The highest BCUT2D eigenvalue weighted by molar-refractivity contribution is 7.84. The number of aromatic nitrogens is 3. The maximum Gasteiger partial charge on any atom is 0.333 e. The van der Waals surface area contributed by atoms with Crippen molar-refractivity contribution >= 4 is 21.6 Å². The van der Waals surface area contributed by atoms with Crippen LogP contribution in [0.1, 0.15) is 48.0 Å². The summed E-state index contributed by atoms with van der Waals surface area (Å²) < 4.78 is 28.7. The van der Waals surface area contributed by atoms with Crippen molar-refractivity contribution in [1.29, 1.82) is 0 Å². The summed E-state index contributed by atoms with van der Waals surface area (Å²) in [5, 5.41) is 23.3. The maximum absolute atomic E-state index is 11.1. The molecule has 0 aliphatic heterocycles. The zero-order chi connectivity index (χ0) is 21.6. The summed E-state index contributed by atoms with van der Waals surface area (Å²) in [5.41, 5.74) is 4.52. The number of rotatable bonds is 6. The Balaban J connectivity index is 1.37. The molecule has 1 saturated carbocycles. The summed E-state index contributed by atoms with van der Waals surface area (Å²) >= 11 is 0. The van der Waals surface area contributed by atoms with Crippen molar-refractivity contribution in [2.24, 2.45) is 11.1 Å². The third kappa shape index (κ3) is 4.03. The van der Waals surface area contributed by atoms with E-state index in [1.54, 1.807) is 0 Å². The smallest absolute Gasteiger partial charge is 0.333 e. The van der Waals surface area contributed by atoms with E-state index in [0.29, 0.717) is 12.8 Å². The van der Waals surface area contributed by atoms with Crippen LogP contribution in [0.5, 0.6) is 0 Å². The van der Waals surface area contributed by atoms with E-state index in [0.717, 1.165) is 29.9 Å². The van der Waals surface area contributed by atoms with Crippen molar-refractivity contribution in [2.75, 3.05) is 11.9 Å². The molecule has 1 unspecified atom stereocenters. The van der Waals surface area contributed by atoms with Gasteiger partial charge in [0, 0.05) is 17.5 Å². The number of fused-ring (bicyclic) bond motifs is 2. The standard InChI is InChI=1S/C21H25N5O4S/c22-31(28,29)30-11-15-9-14(10-20(15)27)18-7-8-19-21(23-12-24-26(18)19)25-17-6-5-13-3-1-2-4-16(13)17/h1-4,7-8,12,14-15,17,20,27H,5-6,9-11H2,(H2,22,28,29)(H,23,24,25)/t14?,15-,17-,20-/m0/s1. The van der Waals surface area contributed by atoms with Gasteiger partial charge >= 0.3 is 10.3 Å². The van der Waals surface area contributed by atoms with Crippen LogP contribution in [0, 0.1) is 5.92 Å². The molecule has 0 bridgehead atoms. The van der Waals surface area contributed by atoms with Crippen LogP contribution in [0.4, 0.5) is 5.82 Å². The molecule has 164 valence electrons. The van der Waals surface area contributed by atoms with Crippen LogP contribution in [0.15, 0.2) is 42.7 Å². The average Bonchev–Trinajstić information content (AvgIpc) is 3.43. The monoisotopic (exact) mass is 443 g/mol. The fourth-order valence-corrected chi connectivity index (χ4v) is 5.32. The van der Waals surface area contributed by atoms with Gasteiger partial charge in [0.1, 0.15) is 11.8 Å². The van der Waals surface area contributed by atoms with Gasteiger partial charge in [0.2, 0.25) is 0 Å². The minimum absolute atomic E-state index is 0.0292. The third-order valence-electron chi connectivity index (χ3n) is 6.45. The van der Waals surface area contributed by atoms with E-state index in [1.807, 2.05) is 16.6 Å². The number of aliphatic hydroxyl groups is 1. The van der Waals surface area contributed by atoms with Gasteiger partial charge in [-0.25, -0.2) is 14.6 Å². The van der Waals surface area contributed by atoms with Crippen molar-refractivity contribution in [1.82, 2.24) is 14.6 Å². The number of aliphatic hydroxyl groups excluding tert-OH is 1. The predicted octanol–water partition coefficient (Wildman–Crippen LogP) is 1.90. The Kier molecular flexibility index (Phi) is 5.17. The number of nitrogens with two attached hydrogens (primary N) is 1. The molecule has 2 aliphatic carbocycles. The zero-order valence-corrected chi connectivity index (χ0v) is 17.7. The lowest BCUT2D eigenvalue weighted by Gasteiger charge is -2.16. The Labute approximate surface area is 180 Å². The first-order valence-electron chi connectivity index (χ1n) is 10.4. The number of benzene rings is 1. The molecular weight excluding hydrogens is 418 g/mol. The Morgan fingerprint density at radius 1 is 1.23 bits per heavy atom. The minimum Gasteiger partial charge on any atom is -0.393 e. The van der Waals surface area contributed by atoms with Gasteiger partial charge in [-0.05, 0) is 48.9 Å². The number of nitrogens with zero attached hydrogens (tertiary/aromatic N) is 3.